The van der Waals surface area contributed by atoms with Crippen LogP contribution in [0.25, 0.3) is 22.3 Å². The van der Waals surface area contributed by atoms with E-state index in [2.05, 4.69) is 10.3 Å². The number of carbonyl (C=O) groups is 1. The third-order valence-electron chi connectivity index (χ3n) is 8.53. The Morgan fingerprint density at radius 3 is 1.77 bits per heavy atom. The van der Waals surface area contributed by atoms with Crippen molar-refractivity contribution < 1.29 is 31.5 Å². The Morgan fingerprint density at radius 1 is 0.673 bits per heavy atom. The summed E-state index contributed by atoms with van der Waals surface area (Å²) < 4.78 is 69.5. The minimum atomic E-state index is -4.55. The maximum atomic E-state index is 14.0. The van der Waals surface area contributed by atoms with Crippen LogP contribution in [-0.2, 0) is 47.1 Å². The average Bonchev–Trinajstić information content (AvgIpc) is 3.15. The predicted molar refractivity (Wildman–Crippen MR) is 194 cm³/mol. The number of nitrogens with one attached hydrogen (secondary N) is 1. The molecule has 1 heterocycles. The van der Waals surface area contributed by atoms with E-state index < -0.39 is 34.1 Å². The number of nitrogens with zero attached hydrogens (tertiary/aromatic N) is 2. The molecule has 6 aromatic rings. The van der Waals surface area contributed by atoms with Crippen LogP contribution < -0.4 is 5.32 Å². The van der Waals surface area contributed by atoms with E-state index in [0.29, 0.717) is 5.69 Å². The number of sulfonamides is 1. The fraction of sp³-hybridized carbons (Fsp3) is 0.122. The van der Waals surface area contributed by atoms with E-state index >= 15 is 0 Å². The van der Waals surface area contributed by atoms with Crippen LogP contribution in [0, 0.1) is 0 Å². The highest BCUT2D eigenvalue weighted by Gasteiger charge is 2.33. The van der Waals surface area contributed by atoms with Gasteiger partial charge in [-0.05, 0) is 80.9 Å². The zero-order valence-electron chi connectivity index (χ0n) is 27.8. The van der Waals surface area contributed by atoms with Gasteiger partial charge in [0.2, 0.25) is 15.9 Å². The third kappa shape index (κ3) is 8.81. The standard InChI is InChI=1S/C41H34F3N3O4S/c42-41(43,44)39-6-2-1-5-36(39)24-40(49)46-37-19-15-34(16-20-37)32-11-7-29(8-12-32)26-47(27-31-4-3-23-45-25-31)52(50,51)38-21-17-35(18-22-38)33-13-9-30(28-48)10-14-33/h1-23,25,48H,24,26-28H2,(H,46,49). The van der Waals surface area contributed by atoms with Crippen molar-refractivity contribution >= 4 is 21.6 Å². The molecule has 0 aliphatic carbocycles. The molecule has 0 radical (unpaired) electrons. The van der Waals surface area contributed by atoms with Gasteiger partial charge in [-0.15, -0.1) is 0 Å². The molecule has 0 unspecified atom stereocenters. The summed E-state index contributed by atoms with van der Waals surface area (Å²) in [5.41, 5.74) is 5.23. The van der Waals surface area contributed by atoms with E-state index in [1.165, 1.54) is 22.5 Å². The molecule has 7 nitrogen and oxygen atoms in total. The number of rotatable bonds is 12. The predicted octanol–water partition coefficient (Wildman–Crippen LogP) is 8.50. The SMILES string of the molecule is O=C(Cc1ccccc1C(F)(F)F)Nc1ccc(-c2ccc(CN(Cc3cccnc3)S(=O)(=O)c3ccc(-c4ccc(CO)cc4)cc3)cc2)cc1. The summed E-state index contributed by atoms with van der Waals surface area (Å²) in [6.45, 7) is 0.153. The monoisotopic (exact) mass is 721 g/mol. The number of benzene rings is 5. The van der Waals surface area contributed by atoms with Gasteiger partial charge in [-0.25, -0.2) is 8.42 Å². The largest absolute Gasteiger partial charge is 0.416 e. The van der Waals surface area contributed by atoms with Gasteiger partial charge in [-0.3, -0.25) is 9.78 Å². The van der Waals surface area contributed by atoms with Crippen LogP contribution in [-0.4, -0.2) is 28.7 Å². The number of pyridine rings is 1. The first kappa shape index (κ1) is 36.2. The first-order valence-corrected chi connectivity index (χ1v) is 17.8. The molecule has 0 spiro atoms. The van der Waals surface area contributed by atoms with Crippen LogP contribution >= 0.6 is 0 Å². The lowest BCUT2D eigenvalue weighted by Crippen LogP contribution is -2.30. The molecule has 0 saturated carbocycles. The molecule has 264 valence electrons. The number of hydrogen-bond acceptors (Lipinski definition) is 5. The molecule has 0 aliphatic rings. The second-order valence-electron chi connectivity index (χ2n) is 12.2. The molecular weight excluding hydrogens is 688 g/mol. The Balaban J connectivity index is 1.15. The molecule has 11 heteroatoms. The molecule has 0 bridgehead atoms. The van der Waals surface area contributed by atoms with E-state index in [1.807, 2.05) is 54.6 Å². The van der Waals surface area contributed by atoms with Gasteiger partial charge in [0.15, 0.2) is 0 Å². The molecule has 1 amide bonds. The van der Waals surface area contributed by atoms with Gasteiger partial charge in [-0.2, -0.15) is 17.5 Å². The zero-order chi connectivity index (χ0) is 36.7. The van der Waals surface area contributed by atoms with E-state index in [4.69, 9.17) is 0 Å². The number of amides is 1. The van der Waals surface area contributed by atoms with E-state index in [9.17, 15) is 31.5 Å². The number of halogens is 3. The highest BCUT2D eigenvalue weighted by molar-refractivity contribution is 7.89. The van der Waals surface area contributed by atoms with Crippen molar-refractivity contribution in [1.82, 2.24) is 9.29 Å². The number of aliphatic hydroxyl groups is 1. The van der Waals surface area contributed by atoms with Crippen molar-refractivity contribution in [2.45, 2.75) is 37.2 Å². The highest BCUT2D eigenvalue weighted by Crippen LogP contribution is 2.32. The number of alkyl halides is 3. The Labute approximate surface area is 300 Å². The lowest BCUT2D eigenvalue weighted by atomic mass is 10.0. The minimum absolute atomic E-state index is 0.0567. The molecule has 2 N–H and O–H groups in total. The van der Waals surface area contributed by atoms with Crippen molar-refractivity contribution in [3.63, 3.8) is 0 Å². The number of anilines is 1. The molecule has 0 atom stereocenters. The van der Waals surface area contributed by atoms with Crippen LogP contribution in [0.4, 0.5) is 18.9 Å². The Morgan fingerprint density at radius 2 is 1.21 bits per heavy atom. The first-order chi connectivity index (χ1) is 25.0. The summed E-state index contributed by atoms with van der Waals surface area (Å²) in [6, 6.07) is 37.1. The smallest absolute Gasteiger partial charge is 0.392 e. The summed E-state index contributed by atoms with van der Waals surface area (Å²) >= 11 is 0. The van der Waals surface area contributed by atoms with Crippen molar-refractivity contribution in [1.29, 1.82) is 0 Å². The normalized spacial score (nSPS) is 11.8. The lowest BCUT2D eigenvalue weighted by Gasteiger charge is -2.23. The fourth-order valence-electron chi connectivity index (χ4n) is 5.77. The second-order valence-corrected chi connectivity index (χ2v) is 14.1. The van der Waals surface area contributed by atoms with E-state index in [-0.39, 0.29) is 30.2 Å². The van der Waals surface area contributed by atoms with Gasteiger partial charge in [0, 0.05) is 31.2 Å². The maximum absolute atomic E-state index is 14.0. The Kier molecular flexibility index (Phi) is 10.9. The molecule has 52 heavy (non-hydrogen) atoms. The van der Waals surface area contributed by atoms with Crippen molar-refractivity contribution in [3.8, 4) is 22.3 Å². The second kappa shape index (κ2) is 15.7. The Bertz CT molecular complexity index is 2230. The number of aromatic nitrogens is 1. The van der Waals surface area contributed by atoms with Crippen LogP contribution in [0.2, 0.25) is 0 Å². The van der Waals surface area contributed by atoms with Gasteiger partial charge in [0.1, 0.15) is 0 Å². The highest BCUT2D eigenvalue weighted by atomic mass is 32.2. The van der Waals surface area contributed by atoms with Gasteiger partial charge in [0.05, 0.1) is 23.5 Å². The first-order valence-electron chi connectivity index (χ1n) is 16.3. The molecule has 0 saturated heterocycles. The van der Waals surface area contributed by atoms with Gasteiger partial charge < -0.3 is 10.4 Å². The van der Waals surface area contributed by atoms with E-state index in [0.717, 1.165) is 45.0 Å². The van der Waals surface area contributed by atoms with Crippen LogP contribution in [0.1, 0.15) is 27.8 Å². The van der Waals surface area contributed by atoms with Crippen LogP contribution in [0.3, 0.4) is 0 Å². The molecule has 0 fully saturated rings. The van der Waals surface area contributed by atoms with Crippen LogP contribution in [0.15, 0.2) is 151 Å². The van der Waals surface area contributed by atoms with Gasteiger partial charge in [-0.1, -0.05) is 97.1 Å². The summed E-state index contributed by atoms with van der Waals surface area (Å²) in [7, 11) is -3.93. The third-order valence-corrected chi connectivity index (χ3v) is 10.3. The number of carbonyl (C=O) groups excluding carboxylic acids is 1. The quantitative estimate of drug-likeness (QED) is 0.132. The van der Waals surface area contributed by atoms with Crippen molar-refractivity contribution in [2.24, 2.45) is 0 Å². The summed E-state index contributed by atoms with van der Waals surface area (Å²) in [5.74, 6) is -0.566. The lowest BCUT2D eigenvalue weighted by molar-refractivity contribution is -0.138. The summed E-state index contributed by atoms with van der Waals surface area (Å²) in [6.07, 6.45) is -1.70. The molecule has 0 aliphatic heterocycles. The molecular formula is C41H34F3N3O4S. The zero-order valence-corrected chi connectivity index (χ0v) is 28.6. The number of hydrogen-bond donors (Lipinski definition) is 2. The Hall–Kier alpha value is -5.62. The number of aliphatic hydroxyl groups excluding tert-OH is 1. The maximum Gasteiger partial charge on any atom is 0.416 e. The van der Waals surface area contributed by atoms with Crippen molar-refractivity contribution in [2.75, 3.05) is 5.32 Å². The van der Waals surface area contributed by atoms with Crippen molar-refractivity contribution in [3.05, 3.63) is 174 Å². The molecule has 5 aromatic carbocycles. The topological polar surface area (TPSA) is 99.6 Å². The summed E-state index contributed by atoms with van der Waals surface area (Å²) in [4.78, 5) is 16.9. The van der Waals surface area contributed by atoms with Gasteiger partial charge >= 0.3 is 6.18 Å². The minimum Gasteiger partial charge on any atom is -0.392 e. The summed E-state index contributed by atoms with van der Waals surface area (Å²) in [5, 5.41) is 12.0. The van der Waals surface area contributed by atoms with Crippen LogP contribution in [0.5, 0.6) is 0 Å². The average molecular weight is 722 g/mol. The van der Waals surface area contributed by atoms with Gasteiger partial charge in [0.25, 0.3) is 0 Å². The molecule has 6 rings (SSSR count). The molecule has 1 aromatic heterocycles. The van der Waals surface area contributed by atoms with E-state index in [1.54, 1.807) is 67.0 Å². The fourth-order valence-corrected chi connectivity index (χ4v) is 7.19.